The molecule has 0 aliphatic heterocycles. The van der Waals surface area contributed by atoms with Crippen LogP contribution in [0.15, 0.2) is 46.2 Å². The van der Waals surface area contributed by atoms with Crippen molar-refractivity contribution in [3.8, 4) is 0 Å². The van der Waals surface area contributed by atoms with Gasteiger partial charge in [-0.1, -0.05) is 17.7 Å². The van der Waals surface area contributed by atoms with Gasteiger partial charge in [0.25, 0.3) is 17.0 Å². The summed E-state index contributed by atoms with van der Waals surface area (Å²) in [6.07, 6.45) is 1.86. The van der Waals surface area contributed by atoms with Crippen molar-refractivity contribution in [3.63, 3.8) is 0 Å². The summed E-state index contributed by atoms with van der Waals surface area (Å²) in [7, 11) is 0. The normalized spacial score (nSPS) is 11.9. The summed E-state index contributed by atoms with van der Waals surface area (Å²) < 4.78 is 1.34. The maximum Gasteiger partial charge on any atom is 0.266 e. The zero-order valence-corrected chi connectivity index (χ0v) is 12.2. The van der Waals surface area contributed by atoms with Crippen molar-refractivity contribution in [2.75, 3.05) is 6.54 Å². The maximum absolute atomic E-state index is 11.9. The van der Waals surface area contributed by atoms with Crippen LogP contribution in [0, 0.1) is 0 Å². The van der Waals surface area contributed by atoms with E-state index in [0.29, 0.717) is 0 Å². The van der Waals surface area contributed by atoms with Gasteiger partial charge in [0, 0.05) is 25.0 Å². The maximum atomic E-state index is 11.9. The van der Waals surface area contributed by atoms with Gasteiger partial charge in [0.05, 0.1) is 18.2 Å². The summed E-state index contributed by atoms with van der Waals surface area (Å²) >= 11 is 5.63. The lowest BCUT2D eigenvalue weighted by molar-refractivity contribution is 0.0903. The SMILES string of the molecule is O=C(NCC(O)Cn1ccccc1=O)c1c[nH]c(=O)c(Cl)c1. The van der Waals surface area contributed by atoms with E-state index in [1.165, 1.54) is 22.9 Å². The highest BCUT2D eigenvalue weighted by atomic mass is 35.5. The number of pyridine rings is 2. The summed E-state index contributed by atoms with van der Waals surface area (Å²) in [6, 6.07) is 5.90. The third-order valence-corrected chi connectivity index (χ3v) is 3.21. The minimum absolute atomic E-state index is 0.0447. The number of H-pyrrole nitrogens is 1. The number of hydrogen-bond donors (Lipinski definition) is 3. The van der Waals surface area contributed by atoms with Crippen LogP contribution in [0.4, 0.5) is 0 Å². The van der Waals surface area contributed by atoms with Crippen LogP contribution in [0.1, 0.15) is 10.4 Å². The molecule has 22 heavy (non-hydrogen) atoms. The first kappa shape index (κ1) is 16.0. The molecule has 0 spiro atoms. The standard InChI is InChI=1S/C14H14ClN3O4/c15-11-5-9(6-16-14(11)22)13(21)17-7-10(19)8-18-4-2-1-3-12(18)20/h1-6,10,19H,7-8H2,(H,16,22)(H,17,21). The number of hydrogen-bond acceptors (Lipinski definition) is 4. The third-order valence-electron chi connectivity index (χ3n) is 2.92. The highest BCUT2D eigenvalue weighted by Gasteiger charge is 2.11. The Hall–Kier alpha value is -2.38. The van der Waals surface area contributed by atoms with Crippen molar-refractivity contribution < 1.29 is 9.90 Å². The van der Waals surface area contributed by atoms with Crippen molar-refractivity contribution in [3.05, 3.63) is 68.0 Å². The third kappa shape index (κ3) is 4.06. The molecule has 0 radical (unpaired) electrons. The van der Waals surface area contributed by atoms with Gasteiger partial charge in [0.2, 0.25) is 0 Å². The molecule has 2 heterocycles. The molecule has 0 aromatic carbocycles. The lowest BCUT2D eigenvalue weighted by Gasteiger charge is -2.13. The minimum Gasteiger partial charge on any atom is -0.389 e. The molecule has 0 saturated carbocycles. The van der Waals surface area contributed by atoms with Crippen molar-refractivity contribution in [2.45, 2.75) is 12.6 Å². The molecule has 2 aromatic heterocycles. The number of carbonyl (C=O) groups excluding carboxylic acids is 1. The van der Waals surface area contributed by atoms with Crippen LogP contribution in [-0.2, 0) is 6.54 Å². The Balaban J connectivity index is 1.93. The Morgan fingerprint density at radius 2 is 2.18 bits per heavy atom. The molecule has 0 saturated heterocycles. The molecule has 1 atom stereocenters. The van der Waals surface area contributed by atoms with E-state index in [-0.39, 0.29) is 29.2 Å². The monoisotopic (exact) mass is 323 g/mol. The lowest BCUT2D eigenvalue weighted by atomic mass is 10.2. The van der Waals surface area contributed by atoms with E-state index >= 15 is 0 Å². The van der Waals surface area contributed by atoms with E-state index < -0.39 is 17.6 Å². The summed E-state index contributed by atoms with van der Waals surface area (Å²) in [4.78, 5) is 36.8. The van der Waals surface area contributed by atoms with Gasteiger partial charge in [-0.15, -0.1) is 0 Å². The Labute approximate surface area is 130 Å². The zero-order chi connectivity index (χ0) is 16.1. The van der Waals surface area contributed by atoms with Gasteiger partial charge in [0.1, 0.15) is 5.02 Å². The van der Waals surface area contributed by atoms with Crippen molar-refractivity contribution in [1.29, 1.82) is 0 Å². The smallest absolute Gasteiger partial charge is 0.266 e. The summed E-state index contributed by atoms with van der Waals surface area (Å²) in [5.41, 5.74) is -0.546. The molecule has 0 aliphatic rings. The van der Waals surface area contributed by atoms with Crippen molar-refractivity contribution in [1.82, 2.24) is 14.9 Å². The van der Waals surface area contributed by atoms with Crippen LogP contribution in [0.2, 0.25) is 5.02 Å². The second-order valence-corrected chi connectivity index (χ2v) is 5.03. The van der Waals surface area contributed by atoms with Crippen LogP contribution < -0.4 is 16.4 Å². The summed E-state index contributed by atoms with van der Waals surface area (Å²) in [5.74, 6) is -0.488. The van der Waals surface area contributed by atoms with Crippen LogP contribution >= 0.6 is 11.6 Å². The van der Waals surface area contributed by atoms with E-state index in [1.807, 2.05) is 0 Å². The van der Waals surface area contributed by atoms with Gasteiger partial charge in [-0.2, -0.15) is 0 Å². The molecule has 116 valence electrons. The van der Waals surface area contributed by atoms with E-state index in [4.69, 9.17) is 11.6 Å². The molecule has 2 aromatic rings. The Morgan fingerprint density at radius 1 is 1.41 bits per heavy atom. The molecular weight excluding hydrogens is 310 g/mol. The second-order valence-electron chi connectivity index (χ2n) is 4.62. The molecular formula is C14H14ClN3O4. The average Bonchev–Trinajstić information content (AvgIpc) is 2.50. The molecule has 0 aliphatic carbocycles. The number of aromatic nitrogens is 2. The molecule has 7 nitrogen and oxygen atoms in total. The predicted octanol–water partition coefficient (Wildman–Crippen LogP) is -0.0191. The Kier molecular flexibility index (Phi) is 5.13. The van der Waals surface area contributed by atoms with Crippen molar-refractivity contribution >= 4 is 17.5 Å². The number of rotatable bonds is 5. The van der Waals surface area contributed by atoms with Gasteiger partial charge >= 0.3 is 0 Å². The predicted molar refractivity (Wildman–Crippen MR) is 81.1 cm³/mol. The first-order valence-electron chi connectivity index (χ1n) is 6.47. The number of amides is 1. The number of nitrogens with zero attached hydrogens (tertiary/aromatic N) is 1. The summed E-state index contributed by atoms with van der Waals surface area (Å²) in [5, 5.41) is 12.3. The van der Waals surface area contributed by atoms with Gasteiger partial charge < -0.3 is 20.0 Å². The molecule has 3 N–H and O–H groups in total. The number of aliphatic hydroxyl groups is 1. The topological polar surface area (TPSA) is 104 Å². The first-order valence-corrected chi connectivity index (χ1v) is 6.85. The fraction of sp³-hybridized carbons (Fsp3) is 0.214. The lowest BCUT2D eigenvalue weighted by Crippen LogP contribution is -2.36. The fourth-order valence-electron chi connectivity index (χ4n) is 1.80. The summed E-state index contributed by atoms with van der Waals surface area (Å²) in [6.45, 7) is 0.0171. The average molecular weight is 324 g/mol. The van der Waals surface area contributed by atoms with Gasteiger partial charge in [-0.25, -0.2) is 0 Å². The molecule has 0 fully saturated rings. The quantitative estimate of drug-likeness (QED) is 0.719. The van der Waals surface area contributed by atoms with Gasteiger partial charge in [-0.3, -0.25) is 14.4 Å². The number of aromatic amines is 1. The Morgan fingerprint density at radius 3 is 2.86 bits per heavy atom. The highest BCUT2D eigenvalue weighted by molar-refractivity contribution is 6.30. The van der Waals surface area contributed by atoms with Crippen LogP contribution in [0.25, 0.3) is 0 Å². The van der Waals surface area contributed by atoms with E-state index in [0.717, 1.165) is 0 Å². The molecule has 1 unspecified atom stereocenters. The van der Waals surface area contributed by atoms with Crippen LogP contribution in [-0.4, -0.2) is 33.2 Å². The molecule has 1 amide bonds. The van der Waals surface area contributed by atoms with Gasteiger partial charge in [-0.05, 0) is 12.1 Å². The van der Waals surface area contributed by atoms with E-state index in [2.05, 4.69) is 10.3 Å². The van der Waals surface area contributed by atoms with Crippen LogP contribution in [0.3, 0.4) is 0 Å². The number of aliphatic hydroxyl groups excluding tert-OH is 1. The minimum atomic E-state index is -0.928. The largest absolute Gasteiger partial charge is 0.389 e. The molecule has 8 heteroatoms. The highest BCUT2D eigenvalue weighted by Crippen LogP contribution is 2.03. The second kappa shape index (κ2) is 7.06. The molecule has 2 rings (SSSR count). The Bertz CT molecular complexity index is 784. The fourth-order valence-corrected chi connectivity index (χ4v) is 1.97. The van der Waals surface area contributed by atoms with E-state index in [1.54, 1.807) is 18.3 Å². The zero-order valence-electron chi connectivity index (χ0n) is 11.5. The van der Waals surface area contributed by atoms with Gasteiger partial charge in [0.15, 0.2) is 0 Å². The van der Waals surface area contributed by atoms with Crippen LogP contribution in [0.5, 0.6) is 0 Å². The van der Waals surface area contributed by atoms with Crippen molar-refractivity contribution in [2.24, 2.45) is 0 Å². The number of nitrogens with one attached hydrogen (secondary N) is 2. The number of carbonyl (C=O) groups is 1. The molecule has 0 bridgehead atoms. The van der Waals surface area contributed by atoms with E-state index in [9.17, 15) is 19.5 Å². The number of halogens is 1. The first-order chi connectivity index (χ1) is 10.5.